The van der Waals surface area contributed by atoms with Gasteiger partial charge in [-0.2, -0.15) is 0 Å². The highest BCUT2D eigenvalue weighted by atomic mass is 35.5. The lowest BCUT2D eigenvalue weighted by Crippen LogP contribution is -2.13. The van der Waals surface area contributed by atoms with Crippen LogP contribution in [0.15, 0.2) is 17.0 Å². The first-order valence-corrected chi connectivity index (χ1v) is 5.40. The van der Waals surface area contributed by atoms with Gasteiger partial charge in [-0.3, -0.25) is 4.79 Å². The van der Waals surface area contributed by atoms with Crippen molar-refractivity contribution in [3.63, 3.8) is 0 Å². The van der Waals surface area contributed by atoms with Crippen LogP contribution in [0.25, 0.3) is 0 Å². The molecule has 6 heteroatoms. The zero-order chi connectivity index (χ0) is 10.7. The fourth-order valence-electron chi connectivity index (χ4n) is 0.861. The summed E-state index contributed by atoms with van der Waals surface area (Å²) >= 11 is 13.0. The van der Waals surface area contributed by atoms with Crippen molar-refractivity contribution in [1.29, 1.82) is 0 Å². The van der Waals surface area contributed by atoms with Gasteiger partial charge in [0.1, 0.15) is 0 Å². The molecule has 0 aliphatic heterocycles. The van der Waals surface area contributed by atoms with Gasteiger partial charge in [-0.25, -0.2) is 0 Å². The van der Waals surface area contributed by atoms with Gasteiger partial charge in [0.25, 0.3) is 0 Å². The Kier molecular flexibility index (Phi) is 3.92. The molecule has 0 heterocycles. The average Bonchev–Trinajstić information content (AvgIpc) is 2.01. The van der Waals surface area contributed by atoms with Crippen molar-refractivity contribution in [1.82, 2.24) is 0 Å². The van der Waals surface area contributed by atoms with E-state index in [1.54, 1.807) is 12.1 Å². The van der Waals surface area contributed by atoms with Crippen molar-refractivity contribution in [3.8, 4) is 0 Å². The molecule has 3 nitrogen and oxygen atoms in total. The third-order valence-electron chi connectivity index (χ3n) is 1.38. The second-order valence-electron chi connectivity index (χ2n) is 2.57. The van der Waals surface area contributed by atoms with Crippen molar-refractivity contribution < 1.29 is 4.79 Å². The maximum Gasteiger partial charge on any atom is 0.227 e. The van der Waals surface area contributed by atoms with Gasteiger partial charge >= 0.3 is 0 Å². The largest absolute Gasteiger partial charge is 0.399 e. The number of carbonyl (C=O) groups is 1. The Labute approximate surface area is 95.7 Å². The van der Waals surface area contributed by atoms with E-state index in [1.165, 1.54) is 11.8 Å². The molecule has 0 unspecified atom stereocenters. The summed E-state index contributed by atoms with van der Waals surface area (Å²) in [5.74, 6) is -0.275. The highest BCUT2D eigenvalue weighted by Gasteiger charge is 2.08. The molecular formula is C8H8Cl2N2OS. The molecule has 0 radical (unpaired) electrons. The summed E-state index contributed by atoms with van der Waals surface area (Å²) in [7, 11) is 0. The van der Waals surface area contributed by atoms with E-state index in [1.807, 2.05) is 0 Å². The van der Waals surface area contributed by atoms with E-state index < -0.39 is 5.91 Å². The second-order valence-corrected chi connectivity index (χ2v) is 4.37. The summed E-state index contributed by atoms with van der Waals surface area (Å²) in [4.78, 5) is 11.2. The lowest BCUT2D eigenvalue weighted by atomic mass is 10.3. The van der Waals surface area contributed by atoms with Crippen molar-refractivity contribution in [2.75, 3.05) is 11.5 Å². The first-order chi connectivity index (χ1) is 6.50. The smallest absolute Gasteiger partial charge is 0.227 e. The summed E-state index contributed by atoms with van der Waals surface area (Å²) in [6, 6.07) is 3.16. The summed E-state index contributed by atoms with van der Waals surface area (Å²) in [5.41, 5.74) is 11.0. The molecule has 4 N–H and O–H groups in total. The molecule has 0 saturated carbocycles. The minimum absolute atomic E-state index is 0.142. The molecule has 1 rings (SSSR count). The molecule has 0 aliphatic carbocycles. The van der Waals surface area contributed by atoms with Gasteiger partial charge in [0.05, 0.1) is 15.8 Å². The molecule has 0 spiro atoms. The number of halogens is 2. The molecule has 0 aliphatic rings. The van der Waals surface area contributed by atoms with Crippen LogP contribution in [0.1, 0.15) is 0 Å². The van der Waals surface area contributed by atoms with Gasteiger partial charge in [0.15, 0.2) is 0 Å². The normalized spacial score (nSPS) is 10.1. The van der Waals surface area contributed by atoms with Crippen LogP contribution < -0.4 is 11.5 Å². The summed E-state index contributed by atoms with van der Waals surface area (Å²) in [6.45, 7) is 0. The fraction of sp³-hybridized carbons (Fsp3) is 0.125. The Hall–Kier alpha value is -0.580. The monoisotopic (exact) mass is 250 g/mol. The number of hydrogen-bond acceptors (Lipinski definition) is 3. The van der Waals surface area contributed by atoms with Gasteiger partial charge in [0, 0.05) is 10.6 Å². The Balaban J connectivity index is 2.91. The van der Waals surface area contributed by atoms with Gasteiger partial charge in [-0.15, -0.1) is 11.8 Å². The van der Waals surface area contributed by atoms with Crippen LogP contribution in [0.4, 0.5) is 5.69 Å². The molecule has 1 aromatic rings. The molecule has 0 atom stereocenters. The Bertz CT molecular complexity index is 347. The van der Waals surface area contributed by atoms with Crippen LogP contribution >= 0.6 is 35.0 Å². The highest BCUT2D eigenvalue weighted by molar-refractivity contribution is 8.00. The third-order valence-corrected chi connectivity index (χ3v) is 3.36. The number of nitrogens with two attached hydrogens (primary N) is 2. The number of hydrogen-bond donors (Lipinski definition) is 2. The summed E-state index contributed by atoms with van der Waals surface area (Å²) < 4.78 is 0. The van der Waals surface area contributed by atoms with Gasteiger partial charge in [-0.05, 0) is 12.1 Å². The standard InChI is InChI=1S/C8H8Cl2N2OS/c9-5-1-4(11)2-6(10)8(5)14-3-7(12)13/h1-2H,3,11H2,(H2,12,13). The van der Waals surface area contributed by atoms with Crippen LogP contribution in [-0.4, -0.2) is 11.7 Å². The first-order valence-electron chi connectivity index (χ1n) is 3.66. The third kappa shape index (κ3) is 2.97. The zero-order valence-corrected chi connectivity index (χ0v) is 9.42. The lowest BCUT2D eigenvalue weighted by molar-refractivity contribution is -0.115. The average molecular weight is 251 g/mol. The van der Waals surface area contributed by atoms with Crippen molar-refractivity contribution >= 4 is 46.6 Å². The molecule has 0 saturated heterocycles. The molecular weight excluding hydrogens is 243 g/mol. The minimum Gasteiger partial charge on any atom is -0.399 e. The summed E-state index contributed by atoms with van der Waals surface area (Å²) in [6.07, 6.45) is 0. The molecule has 0 bridgehead atoms. The summed E-state index contributed by atoms with van der Waals surface area (Å²) in [5, 5.41) is 0.863. The van der Waals surface area contributed by atoms with E-state index in [-0.39, 0.29) is 5.75 Å². The quantitative estimate of drug-likeness (QED) is 0.638. The molecule has 0 fully saturated rings. The van der Waals surface area contributed by atoms with Crippen LogP contribution in [0.3, 0.4) is 0 Å². The topological polar surface area (TPSA) is 69.1 Å². The van der Waals surface area contributed by atoms with E-state index >= 15 is 0 Å². The Morgan fingerprint density at radius 2 is 1.86 bits per heavy atom. The van der Waals surface area contributed by atoms with E-state index in [0.717, 1.165) is 0 Å². The molecule has 76 valence electrons. The minimum atomic E-state index is -0.418. The van der Waals surface area contributed by atoms with Gasteiger partial charge in [0.2, 0.25) is 5.91 Å². The maximum absolute atomic E-state index is 10.6. The van der Waals surface area contributed by atoms with Crippen LogP contribution in [0.5, 0.6) is 0 Å². The molecule has 14 heavy (non-hydrogen) atoms. The lowest BCUT2D eigenvalue weighted by Gasteiger charge is -2.06. The number of anilines is 1. The van der Waals surface area contributed by atoms with E-state index in [9.17, 15) is 4.79 Å². The SMILES string of the molecule is NC(=O)CSc1c(Cl)cc(N)cc1Cl. The predicted octanol–water partition coefficient (Wildman–Crippen LogP) is 2.15. The number of rotatable bonds is 3. The van der Waals surface area contributed by atoms with Crippen LogP contribution in [0, 0.1) is 0 Å². The number of amides is 1. The molecule has 1 amide bonds. The van der Waals surface area contributed by atoms with Crippen molar-refractivity contribution in [3.05, 3.63) is 22.2 Å². The molecule has 0 aromatic heterocycles. The number of thioether (sulfide) groups is 1. The van der Waals surface area contributed by atoms with Crippen molar-refractivity contribution in [2.45, 2.75) is 4.90 Å². The van der Waals surface area contributed by atoms with Crippen LogP contribution in [0.2, 0.25) is 10.0 Å². The fourth-order valence-corrected chi connectivity index (χ4v) is 2.37. The van der Waals surface area contributed by atoms with Crippen molar-refractivity contribution in [2.24, 2.45) is 5.73 Å². The van der Waals surface area contributed by atoms with E-state index in [0.29, 0.717) is 20.6 Å². The first kappa shape index (κ1) is 11.5. The van der Waals surface area contributed by atoms with E-state index in [2.05, 4.69) is 0 Å². The number of benzene rings is 1. The zero-order valence-electron chi connectivity index (χ0n) is 7.09. The van der Waals surface area contributed by atoms with Gasteiger partial charge in [-0.1, -0.05) is 23.2 Å². The van der Waals surface area contributed by atoms with Gasteiger partial charge < -0.3 is 11.5 Å². The number of carbonyl (C=O) groups excluding carboxylic acids is 1. The number of primary amides is 1. The maximum atomic E-state index is 10.6. The highest BCUT2D eigenvalue weighted by Crippen LogP contribution is 2.35. The number of nitrogen functional groups attached to an aromatic ring is 1. The van der Waals surface area contributed by atoms with Crippen LogP contribution in [-0.2, 0) is 4.79 Å². The second kappa shape index (κ2) is 4.77. The predicted molar refractivity (Wildman–Crippen MR) is 60.8 cm³/mol. The Morgan fingerprint density at radius 3 is 2.29 bits per heavy atom. The Morgan fingerprint density at radius 1 is 1.36 bits per heavy atom. The van der Waals surface area contributed by atoms with E-state index in [4.69, 9.17) is 34.7 Å². The molecule has 1 aromatic carbocycles.